The summed E-state index contributed by atoms with van der Waals surface area (Å²) >= 11 is 0. The molecule has 6 heteroatoms. The molecule has 26 heavy (non-hydrogen) atoms. The molecule has 1 aliphatic heterocycles. The number of hydrogen-bond acceptors (Lipinski definition) is 5. The summed E-state index contributed by atoms with van der Waals surface area (Å²) in [6.45, 7) is 1.19. The Balaban J connectivity index is 1.57. The second-order valence-electron chi connectivity index (χ2n) is 6.17. The Bertz CT molecular complexity index is 802. The van der Waals surface area contributed by atoms with E-state index in [0.717, 1.165) is 18.4 Å². The van der Waals surface area contributed by atoms with Gasteiger partial charge in [0, 0.05) is 6.54 Å². The van der Waals surface area contributed by atoms with Crippen LogP contribution in [-0.4, -0.2) is 30.2 Å². The van der Waals surface area contributed by atoms with Gasteiger partial charge in [0.1, 0.15) is 30.6 Å². The van der Waals surface area contributed by atoms with E-state index in [1.165, 1.54) is 0 Å². The highest BCUT2D eigenvalue weighted by Crippen LogP contribution is 2.25. The van der Waals surface area contributed by atoms with Crippen molar-refractivity contribution < 1.29 is 14.3 Å². The van der Waals surface area contributed by atoms with Crippen molar-refractivity contribution in [2.45, 2.75) is 25.5 Å². The van der Waals surface area contributed by atoms with Gasteiger partial charge in [-0.1, -0.05) is 36.4 Å². The van der Waals surface area contributed by atoms with Crippen LogP contribution < -0.4 is 10.5 Å². The van der Waals surface area contributed by atoms with Gasteiger partial charge in [-0.15, -0.1) is 0 Å². The van der Waals surface area contributed by atoms with Gasteiger partial charge in [-0.25, -0.2) is 4.79 Å². The lowest BCUT2D eigenvalue weighted by molar-refractivity contribution is 0.0823. The van der Waals surface area contributed by atoms with Crippen molar-refractivity contribution in [3.05, 3.63) is 59.7 Å². The minimum Gasteiger partial charge on any atom is -0.490 e. The van der Waals surface area contributed by atoms with Crippen LogP contribution in [0.1, 0.15) is 24.0 Å². The van der Waals surface area contributed by atoms with Gasteiger partial charge in [0.15, 0.2) is 0 Å². The van der Waals surface area contributed by atoms with Crippen LogP contribution in [-0.2, 0) is 11.3 Å². The Labute approximate surface area is 152 Å². The highest BCUT2D eigenvalue weighted by Gasteiger charge is 2.30. The molecule has 134 valence electrons. The summed E-state index contributed by atoms with van der Waals surface area (Å²) in [6.07, 6.45) is 1.40. The smallest absolute Gasteiger partial charge is 0.410 e. The topological polar surface area (TPSA) is 88.6 Å². The van der Waals surface area contributed by atoms with Crippen molar-refractivity contribution in [3.8, 4) is 11.8 Å². The first-order valence-corrected chi connectivity index (χ1v) is 8.57. The lowest BCUT2D eigenvalue weighted by Crippen LogP contribution is -2.39. The molecule has 2 aromatic rings. The van der Waals surface area contributed by atoms with Gasteiger partial charge in [0.2, 0.25) is 0 Å². The third kappa shape index (κ3) is 4.06. The molecular weight excluding hydrogens is 330 g/mol. The molecule has 0 spiro atoms. The van der Waals surface area contributed by atoms with Gasteiger partial charge in [-0.3, -0.25) is 0 Å². The third-order valence-corrected chi connectivity index (χ3v) is 4.42. The van der Waals surface area contributed by atoms with Crippen LogP contribution in [0.4, 0.5) is 10.5 Å². The molecule has 0 saturated carbocycles. The quantitative estimate of drug-likeness (QED) is 0.835. The molecule has 1 amide bonds. The minimum absolute atomic E-state index is 0.0775. The number of benzene rings is 2. The maximum Gasteiger partial charge on any atom is 0.410 e. The van der Waals surface area contributed by atoms with E-state index in [4.69, 9.17) is 15.2 Å². The fourth-order valence-corrected chi connectivity index (χ4v) is 3.03. The van der Waals surface area contributed by atoms with Gasteiger partial charge >= 0.3 is 6.09 Å². The largest absolute Gasteiger partial charge is 0.490 e. The Morgan fingerprint density at radius 3 is 2.81 bits per heavy atom. The Morgan fingerprint density at radius 1 is 1.23 bits per heavy atom. The summed E-state index contributed by atoms with van der Waals surface area (Å²) in [6, 6.07) is 16.7. The molecule has 1 aliphatic rings. The molecule has 1 fully saturated rings. The molecule has 6 nitrogen and oxygen atoms in total. The highest BCUT2D eigenvalue weighted by molar-refractivity contribution is 5.68. The predicted octanol–water partition coefficient (Wildman–Crippen LogP) is 3.32. The number of amides is 1. The van der Waals surface area contributed by atoms with Crippen LogP contribution in [0, 0.1) is 11.3 Å². The van der Waals surface area contributed by atoms with E-state index in [-0.39, 0.29) is 18.7 Å². The average Bonchev–Trinajstić information content (AvgIpc) is 3.14. The van der Waals surface area contributed by atoms with Crippen LogP contribution >= 0.6 is 0 Å². The van der Waals surface area contributed by atoms with Gasteiger partial charge < -0.3 is 20.1 Å². The van der Waals surface area contributed by atoms with Crippen molar-refractivity contribution in [3.63, 3.8) is 0 Å². The van der Waals surface area contributed by atoms with Crippen LogP contribution in [0.3, 0.4) is 0 Å². The zero-order valence-corrected chi connectivity index (χ0v) is 14.4. The summed E-state index contributed by atoms with van der Waals surface area (Å²) < 4.78 is 11.2. The van der Waals surface area contributed by atoms with E-state index < -0.39 is 0 Å². The number of carbonyl (C=O) groups excluding carboxylic acids is 1. The first-order valence-electron chi connectivity index (χ1n) is 8.57. The maximum atomic E-state index is 12.4. The molecule has 2 N–H and O–H groups in total. The maximum absolute atomic E-state index is 12.4. The SMILES string of the molecule is N#Cc1c(N)cccc1OCC1CCCN1C(=O)OCc1ccccc1. The number of carbonyl (C=O) groups is 1. The summed E-state index contributed by atoms with van der Waals surface area (Å²) in [5.41, 5.74) is 7.46. The molecule has 1 heterocycles. The molecule has 1 atom stereocenters. The van der Waals surface area contributed by atoms with Crippen LogP contribution in [0.15, 0.2) is 48.5 Å². The van der Waals surface area contributed by atoms with E-state index in [2.05, 4.69) is 6.07 Å². The molecule has 1 saturated heterocycles. The second-order valence-corrected chi connectivity index (χ2v) is 6.17. The summed E-state index contributed by atoms with van der Waals surface area (Å²) in [7, 11) is 0. The number of nitriles is 1. The number of nitrogen functional groups attached to an aromatic ring is 1. The first-order chi connectivity index (χ1) is 12.7. The monoisotopic (exact) mass is 351 g/mol. The molecule has 0 aliphatic carbocycles. The summed E-state index contributed by atoms with van der Waals surface area (Å²) in [4.78, 5) is 14.1. The highest BCUT2D eigenvalue weighted by atomic mass is 16.6. The van der Waals surface area contributed by atoms with E-state index in [0.29, 0.717) is 30.2 Å². The zero-order chi connectivity index (χ0) is 18.4. The predicted molar refractivity (Wildman–Crippen MR) is 97.4 cm³/mol. The fourth-order valence-electron chi connectivity index (χ4n) is 3.03. The van der Waals surface area contributed by atoms with Gasteiger partial charge in [0.05, 0.1) is 11.7 Å². The molecule has 1 unspecified atom stereocenters. The normalized spacial score (nSPS) is 16.1. The zero-order valence-electron chi connectivity index (χ0n) is 14.4. The number of nitrogens with two attached hydrogens (primary N) is 1. The number of rotatable bonds is 5. The summed E-state index contributed by atoms with van der Waals surface area (Å²) in [5, 5.41) is 9.22. The van der Waals surface area contributed by atoms with Crippen molar-refractivity contribution in [1.82, 2.24) is 4.90 Å². The van der Waals surface area contributed by atoms with E-state index in [1.807, 2.05) is 30.3 Å². The Hall–Kier alpha value is -3.20. The summed E-state index contributed by atoms with van der Waals surface area (Å²) in [5.74, 6) is 0.442. The van der Waals surface area contributed by atoms with Crippen molar-refractivity contribution >= 4 is 11.8 Å². The van der Waals surface area contributed by atoms with Crippen molar-refractivity contribution in [1.29, 1.82) is 5.26 Å². The van der Waals surface area contributed by atoms with Crippen LogP contribution in [0.2, 0.25) is 0 Å². The van der Waals surface area contributed by atoms with E-state index >= 15 is 0 Å². The van der Waals surface area contributed by atoms with Gasteiger partial charge in [-0.2, -0.15) is 5.26 Å². The van der Waals surface area contributed by atoms with Crippen LogP contribution in [0.5, 0.6) is 5.75 Å². The number of ether oxygens (including phenoxy) is 2. The number of nitrogens with zero attached hydrogens (tertiary/aromatic N) is 2. The Morgan fingerprint density at radius 2 is 2.04 bits per heavy atom. The lowest BCUT2D eigenvalue weighted by atomic mass is 10.2. The molecule has 3 rings (SSSR count). The second kappa shape index (κ2) is 8.26. The van der Waals surface area contributed by atoms with Crippen LogP contribution in [0.25, 0.3) is 0 Å². The lowest BCUT2D eigenvalue weighted by Gasteiger charge is -2.24. The van der Waals surface area contributed by atoms with Gasteiger partial charge in [-0.05, 0) is 30.5 Å². The van der Waals surface area contributed by atoms with E-state index in [1.54, 1.807) is 23.1 Å². The Kier molecular flexibility index (Phi) is 5.59. The minimum atomic E-state index is -0.340. The molecule has 2 aromatic carbocycles. The fraction of sp³-hybridized carbons (Fsp3) is 0.300. The molecular formula is C20H21N3O3. The molecule has 0 bridgehead atoms. The number of anilines is 1. The third-order valence-electron chi connectivity index (χ3n) is 4.42. The average molecular weight is 351 g/mol. The number of hydrogen-bond donors (Lipinski definition) is 1. The van der Waals surface area contributed by atoms with Crippen molar-refractivity contribution in [2.24, 2.45) is 0 Å². The van der Waals surface area contributed by atoms with E-state index in [9.17, 15) is 10.1 Å². The standard InChI is InChI=1S/C20H21N3O3/c21-12-17-18(22)9-4-10-19(17)25-14-16-8-5-11-23(16)20(24)26-13-15-6-2-1-3-7-15/h1-4,6-7,9-10,16H,5,8,11,13-14,22H2. The van der Waals surface area contributed by atoms with Crippen molar-refractivity contribution in [2.75, 3.05) is 18.9 Å². The first kappa shape index (κ1) is 17.6. The number of likely N-dealkylation sites (tertiary alicyclic amines) is 1. The van der Waals surface area contributed by atoms with Gasteiger partial charge in [0.25, 0.3) is 0 Å². The molecule has 0 aromatic heterocycles. The molecule has 0 radical (unpaired) electrons.